The van der Waals surface area contributed by atoms with E-state index >= 15 is 0 Å². The predicted octanol–water partition coefficient (Wildman–Crippen LogP) is 1.68. The molecule has 0 fully saturated rings. The van der Waals surface area contributed by atoms with Crippen molar-refractivity contribution in [2.24, 2.45) is 0 Å². The lowest BCUT2D eigenvalue weighted by Crippen LogP contribution is -2.13. The Hall–Kier alpha value is -0.980. The number of nitrogens with two attached hydrogens (primary N) is 1. The van der Waals surface area contributed by atoms with Crippen LogP contribution in [0.15, 0.2) is 12.1 Å². The molecule has 1 aromatic carbocycles. The molecule has 1 aromatic rings. The smallest absolute Gasteiger partial charge is 0.0349 e. The van der Waals surface area contributed by atoms with Crippen LogP contribution in [0, 0.1) is 6.92 Å². The summed E-state index contributed by atoms with van der Waals surface area (Å²) in [6.07, 6.45) is 2.41. The molecule has 0 aromatic heterocycles. The number of hydrogen-bond acceptors (Lipinski definition) is 1. The van der Waals surface area contributed by atoms with Crippen molar-refractivity contribution in [1.82, 2.24) is 0 Å². The van der Waals surface area contributed by atoms with Gasteiger partial charge in [0.2, 0.25) is 0 Å². The Morgan fingerprint density at radius 3 is 2.40 bits per heavy atom. The molecule has 2 N–H and O–H groups in total. The second-order valence-corrected chi connectivity index (χ2v) is 2.93. The van der Waals surface area contributed by atoms with Gasteiger partial charge in [-0.2, -0.15) is 0 Å². The summed E-state index contributed by atoms with van der Waals surface area (Å²) in [4.78, 5) is 0. The maximum absolute atomic E-state index is 5.74. The molecule has 1 aliphatic rings. The van der Waals surface area contributed by atoms with Gasteiger partial charge in [-0.1, -0.05) is 6.07 Å². The molecule has 0 atom stereocenters. The van der Waals surface area contributed by atoms with E-state index in [0.717, 1.165) is 5.69 Å². The molecule has 10 heavy (non-hydrogen) atoms. The topological polar surface area (TPSA) is 26.0 Å². The second-order valence-electron chi connectivity index (χ2n) is 2.93. The lowest BCUT2D eigenvalue weighted by molar-refractivity contribution is 0.832. The van der Waals surface area contributed by atoms with Gasteiger partial charge in [0.15, 0.2) is 0 Å². The maximum atomic E-state index is 5.74. The first-order chi connectivity index (χ1) is 4.79. The van der Waals surface area contributed by atoms with E-state index < -0.39 is 0 Å². The van der Waals surface area contributed by atoms with Gasteiger partial charge in [-0.05, 0) is 42.5 Å². The van der Waals surface area contributed by atoms with Crippen LogP contribution in [0.4, 0.5) is 5.69 Å². The van der Waals surface area contributed by atoms with Crippen molar-refractivity contribution < 1.29 is 0 Å². The quantitative estimate of drug-likeness (QED) is 0.535. The molecule has 0 bridgehead atoms. The molecule has 0 saturated heterocycles. The third kappa shape index (κ3) is 0.576. The predicted molar refractivity (Wildman–Crippen MR) is 43.0 cm³/mol. The van der Waals surface area contributed by atoms with Gasteiger partial charge in [-0.3, -0.25) is 0 Å². The van der Waals surface area contributed by atoms with Gasteiger partial charge in [0, 0.05) is 5.69 Å². The summed E-state index contributed by atoms with van der Waals surface area (Å²) >= 11 is 0. The summed E-state index contributed by atoms with van der Waals surface area (Å²) in [5.41, 5.74) is 11.0. The molecule has 0 amide bonds. The van der Waals surface area contributed by atoms with Gasteiger partial charge in [-0.15, -0.1) is 0 Å². The molecule has 0 radical (unpaired) electrons. The first-order valence-electron chi connectivity index (χ1n) is 3.66. The van der Waals surface area contributed by atoms with Crippen LogP contribution in [0.1, 0.15) is 16.7 Å². The number of aryl methyl sites for hydroxylation is 1. The van der Waals surface area contributed by atoms with Crippen molar-refractivity contribution in [3.05, 3.63) is 28.8 Å². The van der Waals surface area contributed by atoms with Crippen molar-refractivity contribution in [2.75, 3.05) is 5.73 Å². The first-order valence-corrected chi connectivity index (χ1v) is 3.66. The van der Waals surface area contributed by atoms with Gasteiger partial charge in [0.05, 0.1) is 0 Å². The highest BCUT2D eigenvalue weighted by molar-refractivity contribution is 5.58. The normalized spacial score (nSPS) is 14.1. The van der Waals surface area contributed by atoms with Crippen LogP contribution >= 0.6 is 0 Å². The van der Waals surface area contributed by atoms with Gasteiger partial charge in [0.1, 0.15) is 0 Å². The SMILES string of the molecule is Cc1ccc(N)c2c1CC2. The van der Waals surface area contributed by atoms with E-state index in [2.05, 4.69) is 13.0 Å². The van der Waals surface area contributed by atoms with Gasteiger partial charge >= 0.3 is 0 Å². The molecular formula is C9H11N. The molecule has 1 nitrogen and oxygen atoms in total. The van der Waals surface area contributed by atoms with Crippen LogP contribution in [-0.4, -0.2) is 0 Å². The van der Waals surface area contributed by atoms with Gasteiger partial charge < -0.3 is 5.73 Å². The number of fused-ring (bicyclic) bond motifs is 1. The van der Waals surface area contributed by atoms with Crippen LogP contribution in [-0.2, 0) is 12.8 Å². The monoisotopic (exact) mass is 133 g/mol. The van der Waals surface area contributed by atoms with E-state index in [-0.39, 0.29) is 0 Å². The minimum Gasteiger partial charge on any atom is -0.398 e. The Balaban J connectivity index is 2.66. The average molecular weight is 133 g/mol. The van der Waals surface area contributed by atoms with E-state index in [1.54, 1.807) is 0 Å². The Bertz CT molecular complexity index is 247. The Labute approximate surface area is 60.9 Å². The highest BCUT2D eigenvalue weighted by Crippen LogP contribution is 2.30. The van der Waals surface area contributed by atoms with Gasteiger partial charge in [0.25, 0.3) is 0 Å². The van der Waals surface area contributed by atoms with Crippen molar-refractivity contribution in [3.8, 4) is 0 Å². The van der Waals surface area contributed by atoms with Crippen LogP contribution in [0.25, 0.3) is 0 Å². The molecule has 0 aliphatic heterocycles. The van der Waals surface area contributed by atoms with E-state index in [1.807, 2.05) is 6.07 Å². The van der Waals surface area contributed by atoms with Gasteiger partial charge in [-0.25, -0.2) is 0 Å². The fourth-order valence-electron chi connectivity index (χ4n) is 1.54. The molecule has 1 aliphatic carbocycles. The summed E-state index contributed by atoms with van der Waals surface area (Å²) < 4.78 is 0. The molecule has 0 heterocycles. The molecule has 0 spiro atoms. The molecule has 1 heteroatoms. The third-order valence-corrected chi connectivity index (χ3v) is 2.33. The maximum Gasteiger partial charge on any atom is 0.0349 e. The molecule has 0 saturated carbocycles. The Kier molecular flexibility index (Phi) is 1.01. The van der Waals surface area contributed by atoms with Crippen molar-refractivity contribution in [2.45, 2.75) is 19.8 Å². The number of anilines is 1. The summed E-state index contributed by atoms with van der Waals surface area (Å²) in [7, 11) is 0. The molecular weight excluding hydrogens is 122 g/mol. The number of nitrogen functional groups attached to an aromatic ring is 1. The van der Waals surface area contributed by atoms with E-state index in [9.17, 15) is 0 Å². The summed E-state index contributed by atoms with van der Waals surface area (Å²) in [5, 5.41) is 0. The highest BCUT2D eigenvalue weighted by atomic mass is 14.6. The minimum atomic E-state index is 0.979. The van der Waals surface area contributed by atoms with E-state index in [1.165, 1.54) is 29.5 Å². The van der Waals surface area contributed by atoms with E-state index in [4.69, 9.17) is 5.73 Å². The lowest BCUT2D eigenvalue weighted by Gasteiger charge is -2.22. The lowest BCUT2D eigenvalue weighted by atomic mass is 9.84. The van der Waals surface area contributed by atoms with Crippen molar-refractivity contribution >= 4 is 5.69 Å². The fraction of sp³-hybridized carbons (Fsp3) is 0.333. The zero-order chi connectivity index (χ0) is 7.14. The molecule has 52 valence electrons. The largest absolute Gasteiger partial charge is 0.398 e. The standard InChI is InChI=1S/C9H11N/c1-6-2-5-9(10)8-4-3-7(6)8/h2,5H,3-4,10H2,1H3. The zero-order valence-corrected chi connectivity index (χ0v) is 6.15. The fourth-order valence-corrected chi connectivity index (χ4v) is 1.54. The Morgan fingerprint density at radius 2 is 1.90 bits per heavy atom. The number of hydrogen-bond donors (Lipinski definition) is 1. The number of benzene rings is 1. The number of rotatable bonds is 0. The van der Waals surface area contributed by atoms with Crippen molar-refractivity contribution in [1.29, 1.82) is 0 Å². The molecule has 2 rings (SSSR count). The van der Waals surface area contributed by atoms with Crippen LogP contribution in [0.2, 0.25) is 0 Å². The second kappa shape index (κ2) is 1.75. The van der Waals surface area contributed by atoms with Crippen LogP contribution in [0.3, 0.4) is 0 Å². The first kappa shape index (κ1) is 5.78. The Morgan fingerprint density at radius 1 is 1.20 bits per heavy atom. The third-order valence-electron chi connectivity index (χ3n) is 2.33. The molecule has 0 unspecified atom stereocenters. The van der Waals surface area contributed by atoms with E-state index in [0.29, 0.717) is 0 Å². The van der Waals surface area contributed by atoms with Crippen LogP contribution < -0.4 is 5.73 Å². The summed E-state index contributed by atoms with van der Waals surface area (Å²) in [6, 6.07) is 4.11. The van der Waals surface area contributed by atoms with Crippen molar-refractivity contribution in [3.63, 3.8) is 0 Å². The van der Waals surface area contributed by atoms with Crippen LogP contribution in [0.5, 0.6) is 0 Å². The summed E-state index contributed by atoms with van der Waals surface area (Å²) in [5.74, 6) is 0. The highest BCUT2D eigenvalue weighted by Gasteiger charge is 2.16. The summed E-state index contributed by atoms with van der Waals surface area (Å²) in [6.45, 7) is 2.15. The zero-order valence-electron chi connectivity index (χ0n) is 6.15. The minimum absolute atomic E-state index is 0.979. The average Bonchev–Trinajstić information content (AvgIpc) is 1.78.